The molecule has 3 rings (SSSR count). The molecule has 1 saturated heterocycles. The number of hydrazine groups is 1. The van der Waals surface area contributed by atoms with Crippen LogP contribution in [0.3, 0.4) is 0 Å². The Hall–Kier alpha value is -2.87. The van der Waals surface area contributed by atoms with Crippen molar-refractivity contribution < 1.29 is 23.9 Å². The molecule has 0 spiro atoms. The summed E-state index contributed by atoms with van der Waals surface area (Å²) in [5, 5.41) is 4.35. The Kier molecular flexibility index (Phi) is 4.69. The maximum atomic E-state index is 13.2. The Bertz CT molecular complexity index is 822. The van der Waals surface area contributed by atoms with Crippen LogP contribution >= 0.6 is 0 Å². The van der Waals surface area contributed by atoms with Crippen LogP contribution in [0.2, 0.25) is 0 Å². The average Bonchev–Trinajstić information content (AvgIpc) is 3.01. The van der Waals surface area contributed by atoms with E-state index in [9.17, 15) is 14.4 Å². The highest BCUT2D eigenvalue weighted by Gasteiger charge is 2.70. The van der Waals surface area contributed by atoms with E-state index in [0.29, 0.717) is 5.56 Å². The standard InChI is InChI=1S/C19H23N3O5/c1-5-26-15(23)13-14(16(24)27-6-2)20-19(12-10-8-7-9-11-12)17(25)22(4)21-18(13,19)3/h7-11,20-21H,5-6H2,1-4H3. The molecule has 1 fully saturated rings. The van der Waals surface area contributed by atoms with Crippen molar-refractivity contribution in [2.45, 2.75) is 31.8 Å². The highest BCUT2D eigenvalue weighted by molar-refractivity contribution is 6.08. The third kappa shape index (κ3) is 2.51. The molecule has 0 radical (unpaired) electrons. The summed E-state index contributed by atoms with van der Waals surface area (Å²) < 4.78 is 10.3. The van der Waals surface area contributed by atoms with Crippen LogP contribution in [0.5, 0.6) is 0 Å². The molecule has 2 heterocycles. The van der Waals surface area contributed by atoms with Gasteiger partial charge in [0.25, 0.3) is 5.91 Å². The van der Waals surface area contributed by atoms with Gasteiger partial charge in [0.1, 0.15) is 11.2 Å². The summed E-state index contributed by atoms with van der Waals surface area (Å²) in [6.45, 7) is 5.32. The van der Waals surface area contributed by atoms with Crippen LogP contribution in [-0.4, -0.2) is 48.7 Å². The largest absolute Gasteiger partial charge is 0.463 e. The number of carbonyl (C=O) groups is 3. The van der Waals surface area contributed by atoms with Crippen LogP contribution in [0, 0.1) is 0 Å². The quantitative estimate of drug-likeness (QED) is 0.730. The zero-order chi connectivity index (χ0) is 19.8. The van der Waals surface area contributed by atoms with Gasteiger partial charge in [-0.15, -0.1) is 0 Å². The molecule has 8 nitrogen and oxygen atoms in total. The van der Waals surface area contributed by atoms with Crippen LogP contribution in [0.15, 0.2) is 41.6 Å². The molecule has 1 aromatic rings. The highest BCUT2D eigenvalue weighted by Crippen LogP contribution is 2.49. The number of rotatable bonds is 5. The number of esters is 2. The van der Waals surface area contributed by atoms with Gasteiger partial charge in [-0.1, -0.05) is 30.3 Å². The zero-order valence-electron chi connectivity index (χ0n) is 15.8. The number of amides is 1. The smallest absolute Gasteiger partial charge is 0.355 e. The van der Waals surface area contributed by atoms with E-state index < -0.39 is 23.0 Å². The predicted molar refractivity (Wildman–Crippen MR) is 95.9 cm³/mol. The lowest BCUT2D eigenvalue weighted by molar-refractivity contribution is -0.142. The number of nitrogens with zero attached hydrogens (tertiary/aromatic N) is 1. The van der Waals surface area contributed by atoms with Gasteiger partial charge in [-0.05, 0) is 26.3 Å². The van der Waals surface area contributed by atoms with Crippen molar-refractivity contribution in [3.63, 3.8) is 0 Å². The fourth-order valence-corrected chi connectivity index (χ4v) is 3.90. The number of nitrogens with one attached hydrogen (secondary N) is 2. The number of hydrogen-bond donors (Lipinski definition) is 2. The van der Waals surface area contributed by atoms with Crippen molar-refractivity contribution in [2.24, 2.45) is 0 Å². The van der Waals surface area contributed by atoms with Crippen LogP contribution in [0.1, 0.15) is 26.3 Å². The summed E-state index contributed by atoms with van der Waals surface area (Å²) in [5.41, 5.74) is 1.04. The van der Waals surface area contributed by atoms with Gasteiger partial charge in [0.05, 0.1) is 18.8 Å². The van der Waals surface area contributed by atoms with Gasteiger partial charge in [0.15, 0.2) is 5.54 Å². The Morgan fingerprint density at radius 3 is 2.26 bits per heavy atom. The number of ether oxygens (including phenoxy) is 2. The molecule has 8 heteroatoms. The van der Waals surface area contributed by atoms with E-state index in [2.05, 4.69) is 10.7 Å². The molecule has 2 N–H and O–H groups in total. The first-order valence-corrected chi connectivity index (χ1v) is 8.82. The number of benzene rings is 1. The summed E-state index contributed by atoms with van der Waals surface area (Å²) >= 11 is 0. The number of likely N-dealkylation sites (N-methyl/N-ethyl adjacent to an activating group) is 1. The lowest BCUT2D eigenvalue weighted by atomic mass is 9.72. The first-order valence-electron chi connectivity index (χ1n) is 8.82. The fraction of sp³-hybridized carbons (Fsp3) is 0.421. The Labute approximate surface area is 157 Å². The minimum absolute atomic E-state index is 0.0457. The third-order valence-electron chi connectivity index (χ3n) is 5.00. The maximum absolute atomic E-state index is 13.2. The number of carbonyl (C=O) groups excluding carboxylic acids is 3. The van der Waals surface area contributed by atoms with Crippen LogP contribution in [-0.2, 0) is 29.4 Å². The third-order valence-corrected chi connectivity index (χ3v) is 5.00. The van der Waals surface area contributed by atoms with Crippen LogP contribution in [0.25, 0.3) is 0 Å². The van der Waals surface area contributed by atoms with Crippen molar-refractivity contribution in [3.05, 3.63) is 47.2 Å². The van der Waals surface area contributed by atoms with E-state index in [1.165, 1.54) is 5.01 Å². The fourth-order valence-electron chi connectivity index (χ4n) is 3.90. The average molecular weight is 373 g/mol. The van der Waals surface area contributed by atoms with Crippen molar-refractivity contribution >= 4 is 17.8 Å². The summed E-state index contributed by atoms with van der Waals surface area (Å²) in [4.78, 5) is 38.6. The minimum atomic E-state index is -1.38. The second kappa shape index (κ2) is 6.70. The molecule has 2 atom stereocenters. The Balaban J connectivity index is 2.25. The molecular formula is C19H23N3O5. The lowest BCUT2D eigenvalue weighted by Gasteiger charge is -2.35. The topological polar surface area (TPSA) is 97.0 Å². The Morgan fingerprint density at radius 2 is 1.67 bits per heavy atom. The molecule has 1 aromatic carbocycles. The molecule has 1 amide bonds. The summed E-state index contributed by atoms with van der Waals surface area (Å²) in [5.74, 6) is -1.70. The van der Waals surface area contributed by atoms with Gasteiger partial charge in [0.2, 0.25) is 0 Å². The SMILES string of the molecule is CCOC(=O)C1=C(C(=O)OCC)C2(C)NN(C)C(=O)C2(c2ccccc2)N1. The van der Waals surface area contributed by atoms with E-state index in [-0.39, 0.29) is 30.4 Å². The van der Waals surface area contributed by atoms with E-state index in [1.807, 2.05) is 6.07 Å². The highest BCUT2D eigenvalue weighted by atomic mass is 16.5. The van der Waals surface area contributed by atoms with Gasteiger partial charge >= 0.3 is 11.9 Å². The van der Waals surface area contributed by atoms with Gasteiger partial charge in [-0.25, -0.2) is 15.0 Å². The van der Waals surface area contributed by atoms with Gasteiger partial charge < -0.3 is 14.8 Å². The number of hydrogen-bond acceptors (Lipinski definition) is 7. The lowest BCUT2D eigenvalue weighted by Crippen LogP contribution is -2.59. The molecule has 2 unspecified atom stereocenters. The molecule has 0 bridgehead atoms. The number of fused-ring (bicyclic) bond motifs is 1. The molecule has 0 aromatic heterocycles. The summed E-state index contributed by atoms with van der Waals surface area (Å²) in [7, 11) is 1.57. The van der Waals surface area contributed by atoms with Crippen molar-refractivity contribution in [3.8, 4) is 0 Å². The Morgan fingerprint density at radius 1 is 1.07 bits per heavy atom. The molecule has 0 saturated carbocycles. The monoisotopic (exact) mass is 373 g/mol. The van der Waals surface area contributed by atoms with Crippen molar-refractivity contribution in [1.82, 2.24) is 15.8 Å². The minimum Gasteiger partial charge on any atom is -0.463 e. The van der Waals surface area contributed by atoms with Gasteiger partial charge in [-0.2, -0.15) is 0 Å². The van der Waals surface area contributed by atoms with E-state index in [4.69, 9.17) is 9.47 Å². The molecule has 2 aliphatic heterocycles. The van der Waals surface area contributed by atoms with Crippen LogP contribution in [0.4, 0.5) is 0 Å². The second-order valence-electron chi connectivity index (χ2n) is 6.53. The summed E-state index contributed by atoms with van der Waals surface area (Å²) in [6.07, 6.45) is 0. The molecular weight excluding hydrogens is 350 g/mol. The van der Waals surface area contributed by atoms with Gasteiger partial charge in [-0.3, -0.25) is 9.80 Å². The first kappa shape index (κ1) is 18.9. The van der Waals surface area contributed by atoms with Crippen molar-refractivity contribution in [2.75, 3.05) is 20.3 Å². The zero-order valence-corrected chi connectivity index (χ0v) is 15.8. The first-order chi connectivity index (χ1) is 12.8. The van der Waals surface area contributed by atoms with Crippen molar-refractivity contribution in [1.29, 1.82) is 0 Å². The van der Waals surface area contributed by atoms with Gasteiger partial charge in [0, 0.05) is 7.05 Å². The van der Waals surface area contributed by atoms with Crippen LogP contribution < -0.4 is 10.7 Å². The van der Waals surface area contributed by atoms with E-state index >= 15 is 0 Å². The van der Waals surface area contributed by atoms with E-state index in [0.717, 1.165) is 0 Å². The molecule has 27 heavy (non-hydrogen) atoms. The molecule has 2 aliphatic rings. The maximum Gasteiger partial charge on any atom is 0.355 e. The summed E-state index contributed by atoms with van der Waals surface area (Å²) in [6, 6.07) is 8.98. The second-order valence-corrected chi connectivity index (χ2v) is 6.53. The molecule has 0 aliphatic carbocycles. The normalized spacial score (nSPS) is 26.7. The predicted octanol–water partition coefficient (Wildman–Crippen LogP) is 0.601. The van der Waals surface area contributed by atoms with E-state index in [1.54, 1.807) is 52.1 Å². The molecule has 144 valence electrons.